The summed E-state index contributed by atoms with van der Waals surface area (Å²) >= 11 is 0. The second kappa shape index (κ2) is 13.0. The number of carboxylic acid groups (broad SMARTS) is 4. The monoisotopic (exact) mass is 626 g/mol. The molecule has 0 saturated carbocycles. The summed E-state index contributed by atoms with van der Waals surface area (Å²) in [6, 6.07) is 0. The molecule has 0 amide bonds. The fourth-order valence-electron chi connectivity index (χ4n) is 0.258. The van der Waals surface area contributed by atoms with Crippen LogP contribution in [-0.4, -0.2) is 92.9 Å². The molecule has 0 aliphatic heterocycles. The third-order valence-corrected chi connectivity index (χ3v) is 0.782. The number of aliphatic hydroxyl groups is 2. The van der Waals surface area contributed by atoms with Gasteiger partial charge in [-0.2, -0.15) is 0 Å². The van der Waals surface area contributed by atoms with Crippen molar-refractivity contribution < 1.29 is 45.0 Å². The van der Waals surface area contributed by atoms with Gasteiger partial charge in [0, 0.05) is 0 Å². The minimum absolute atomic E-state index is 0. The predicted octanol–water partition coefficient (Wildman–Crippen LogP) is -8.00. The molecular formula is C5H4Bi2O9+2. The number of carbonyl (C=O) groups is 3. The predicted molar refractivity (Wildman–Crippen MR) is 38.9 cm³/mol. The number of carboxylic acids is 2. The molecule has 16 heavy (non-hydrogen) atoms. The largest absolute Gasteiger partial charge is 3.00 e. The van der Waals surface area contributed by atoms with Crippen LogP contribution in [0.1, 0.15) is 0 Å². The normalized spacial score (nSPS) is 11.4. The molecule has 2 unspecified atom stereocenters. The van der Waals surface area contributed by atoms with Crippen LogP contribution in [0.25, 0.3) is 0 Å². The summed E-state index contributed by atoms with van der Waals surface area (Å²) in [5.41, 5.74) is 0. The van der Waals surface area contributed by atoms with Gasteiger partial charge in [0.25, 0.3) is 0 Å². The first-order valence-corrected chi connectivity index (χ1v) is 2.86. The van der Waals surface area contributed by atoms with E-state index >= 15 is 0 Å². The zero-order valence-electron chi connectivity index (χ0n) is 7.30. The average Bonchev–Trinajstić information content (AvgIpc) is 2.00. The summed E-state index contributed by atoms with van der Waals surface area (Å²) in [6.45, 7) is 0. The molecule has 0 aliphatic rings. The second-order valence-electron chi connectivity index (χ2n) is 1.78. The molecule has 0 heterocycles. The summed E-state index contributed by atoms with van der Waals surface area (Å²) in [5, 5.41) is 52.4. The van der Waals surface area contributed by atoms with Crippen molar-refractivity contribution >= 4 is 70.5 Å². The van der Waals surface area contributed by atoms with Crippen LogP contribution in [0.15, 0.2) is 0 Å². The van der Waals surface area contributed by atoms with Crippen LogP contribution in [0, 0.1) is 0 Å². The third-order valence-electron chi connectivity index (χ3n) is 0.782. The molecular weight excluding hydrogens is 622 g/mol. The average molecular weight is 626 g/mol. The zero-order chi connectivity index (χ0) is 11.9. The molecule has 0 aromatic carbocycles. The summed E-state index contributed by atoms with van der Waals surface area (Å²) < 4.78 is 0. The van der Waals surface area contributed by atoms with Crippen LogP contribution in [0.3, 0.4) is 0 Å². The van der Waals surface area contributed by atoms with E-state index in [1.165, 1.54) is 0 Å². The Morgan fingerprint density at radius 3 is 0.938 bits per heavy atom. The van der Waals surface area contributed by atoms with E-state index in [0.29, 0.717) is 0 Å². The van der Waals surface area contributed by atoms with Crippen molar-refractivity contribution in [1.29, 1.82) is 0 Å². The van der Waals surface area contributed by atoms with Gasteiger partial charge in [-0.05, 0) is 6.16 Å². The van der Waals surface area contributed by atoms with Crippen molar-refractivity contribution in [2.24, 2.45) is 0 Å². The van der Waals surface area contributed by atoms with Gasteiger partial charge in [0.2, 0.25) is 0 Å². The van der Waals surface area contributed by atoms with E-state index in [9.17, 15) is 19.8 Å². The van der Waals surface area contributed by atoms with Crippen LogP contribution in [0.2, 0.25) is 0 Å². The molecule has 0 spiro atoms. The second-order valence-corrected chi connectivity index (χ2v) is 1.78. The molecule has 0 bridgehead atoms. The third kappa shape index (κ3) is 16.3. The van der Waals surface area contributed by atoms with Gasteiger partial charge in [0.1, 0.15) is 12.2 Å². The van der Waals surface area contributed by atoms with Gasteiger partial charge in [0.05, 0.1) is 11.9 Å². The summed E-state index contributed by atoms with van der Waals surface area (Å²) in [6.07, 6.45) is -7.21. The molecule has 0 aromatic heterocycles. The first kappa shape index (κ1) is 24.9. The molecule has 0 aliphatic carbocycles. The summed E-state index contributed by atoms with van der Waals surface area (Å²) in [7, 11) is 0. The Labute approximate surface area is 127 Å². The van der Waals surface area contributed by atoms with Gasteiger partial charge < -0.3 is 45.0 Å². The van der Waals surface area contributed by atoms with Gasteiger partial charge in [0.15, 0.2) is 0 Å². The molecule has 11 heteroatoms. The van der Waals surface area contributed by atoms with Crippen molar-refractivity contribution in [3.63, 3.8) is 0 Å². The number of aliphatic hydroxyl groups excluding tert-OH is 2. The van der Waals surface area contributed by atoms with E-state index in [1.54, 1.807) is 0 Å². The zero-order valence-corrected chi connectivity index (χ0v) is 14.3. The Balaban J connectivity index is -0.000000105. The fourth-order valence-corrected chi connectivity index (χ4v) is 0.258. The fraction of sp³-hybridized carbons (Fsp3) is 0.400. The maximum Gasteiger partial charge on any atom is 3.00 e. The van der Waals surface area contributed by atoms with Gasteiger partial charge in [-0.25, -0.2) is 0 Å². The standard InChI is InChI=1S/C4H6O6.CH2O3.2Bi/c5-1(3(7)8)2(6)4(9)10;2-1(3)4;;/h1-2,5-6H,(H,7,8)(H,9,10);(H2,2,3,4);;/q;;2*+3/p-4. The molecule has 2 atom stereocenters. The number of hydrogen-bond acceptors (Lipinski definition) is 9. The molecule has 86 valence electrons. The molecule has 0 saturated heterocycles. The smallest absolute Gasteiger partial charge is 0.652 e. The first-order valence-electron chi connectivity index (χ1n) is 2.86. The van der Waals surface area contributed by atoms with E-state index in [-0.39, 0.29) is 52.4 Å². The Bertz CT molecular complexity index is 208. The van der Waals surface area contributed by atoms with Crippen LogP contribution in [-0.2, 0) is 9.59 Å². The minimum Gasteiger partial charge on any atom is -0.652 e. The van der Waals surface area contributed by atoms with Crippen molar-refractivity contribution in [2.75, 3.05) is 0 Å². The Morgan fingerprint density at radius 2 is 0.875 bits per heavy atom. The van der Waals surface area contributed by atoms with Gasteiger partial charge >= 0.3 is 52.4 Å². The van der Waals surface area contributed by atoms with Crippen molar-refractivity contribution in [2.45, 2.75) is 12.2 Å². The van der Waals surface area contributed by atoms with E-state index < -0.39 is 30.3 Å². The van der Waals surface area contributed by atoms with Gasteiger partial charge in [-0.1, -0.05) is 0 Å². The molecule has 0 aromatic rings. The van der Waals surface area contributed by atoms with E-state index in [1.807, 2.05) is 0 Å². The van der Waals surface area contributed by atoms with E-state index in [4.69, 9.17) is 25.2 Å². The Hall–Kier alpha value is -0.104. The quantitative estimate of drug-likeness (QED) is 0.288. The summed E-state index contributed by atoms with van der Waals surface area (Å²) in [4.78, 5) is 27.6. The first-order chi connectivity index (χ1) is 6.20. The van der Waals surface area contributed by atoms with Crippen molar-refractivity contribution in [1.82, 2.24) is 0 Å². The van der Waals surface area contributed by atoms with Crippen molar-refractivity contribution in [3.8, 4) is 0 Å². The van der Waals surface area contributed by atoms with Gasteiger partial charge in [-0.3, -0.25) is 0 Å². The number of rotatable bonds is 3. The Kier molecular flexibility index (Phi) is 20.2. The van der Waals surface area contributed by atoms with Crippen LogP contribution < -0.4 is 20.4 Å². The van der Waals surface area contributed by atoms with E-state index in [2.05, 4.69) is 0 Å². The number of aliphatic carboxylic acids is 2. The molecule has 4 radical (unpaired) electrons. The van der Waals surface area contributed by atoms with Crippen LogP contribution in [0.4, 0.5) is 4.79 Å². The number of carbonyl (C=O) groups excluding carboxylic acids is 3. The molecule has 9 nitrogen and oxygen atoms in total. The molecule has 0 fully saturated rings. The maximum atomic E-state index is 9.63. The van der Waals surface area contributed by atoms with E-state index in [0.717, 1.165) is 0 Å². The van der Waals surface area contributed by atoms with Crippen LogP contribution >= 0.6 is 0 Å². The Morgan fingerprint density at radius 1 is 0.750 bits per heavy atom. The maximum absolute atomic E-state index is 9.63. The topological polar surface area (TPSA) is 184 Å². The molecule has 2 N–H and O–H groups in total. The van der Waals surface area contributed by atoms with Crippen LogP contribution in [0.5, 0.6) is 0 Å². The minimum atomic E-state index is -2.44. The summed E-state index contributed by atoms with van der Waals surface area (Å²) in [5.74, 6) is -4.12. The van der Waals surface area contributed by atoms with Crippen molar-refractivity contribution in [3.05, 3.63) is 0 Å². The SMILES string of the molecule is O=C([O-])C(O)C(O)C(=O)[O-].O=C([O-])[O-].[Bi+3].[Bi+3]. The van der Waals surface area contributed by atoms with Gasteiger partial charge in [-0.15, -0.1) is 0 Å². The number of hydrogen-bond donors (Lipinski definition) is 2. The molecule has 0 rings (SSSR count).